The first-order valence-electron chi connectivity index (χ1n) is 6.64. The van der Waals surface area contributed by atoms with E-state index in [4.69, 9.17) is 21.7 Å². The molecule has 0 atom stereocenters. The Labute approximate surface area is 143 Å². The van der Waals surface area contributed by atoms with Crippen LogP contribution < -0.4 is 14.6 Å². The highest BCUT2D eigenvalue weighted by Crippen LogP contribution is 2.37. The lowest BCUT2D eigenvalue weighted by molar-refractivity contribution is -0.305. The molecule has 1 fully saturated rings. The molecular formula is C15H14NO5S2-. The molecule has 8 heteroatoms. The van der Waals surface area contributed by atoms with E-state index in [9.17, 15) is 14.7 Å². The molecule has 1 aromatic carbocycles. The van der Waals surface area contributed by atoms with Crippen molar-refractivity contribution in [3.63, 3.8) is 0 Å². The second kappa shape index (κ2) is 7.47. The Balaban J connectivity index is 2.29. The number of thiocarbonyl (C=S) groups is 1. The van der Waals surface area contributed by atoms with Crippen LogP contribution in [0.3, 0.4) is 0 Å². The summed E-state index contributed by atoms with van der Waals surface area (Å²) in [6.07, 6.45) is 1.39. The van der Waals surface area contributed by atoms with Gasteiger partial charge in [-0.25, -0.2) is 0 Å². The average molecular weight is 352 g/mol. The van der Waals surface area contributed by atoms with Crippen LogP contribution in [0.25, 0.3) is 6.08 Å². The summed E-state index contributed by atoms with van der Waals surface area (Å²) in [4.78, 5) is 24.6. The van der Waals surface area contributed by atoms with E-state index in [0.717, 1.165) is 11.8 Å². The Bertz CT molecular complexity index is 686. The number of para-hydroxylation sites is 1. The summed E-state index contributed by atoms with van der Waals surface area (Å²) in [5.74, 6) is -0.493. The maximum absolute atomic E-state index is 12.4. The van der Waals surface area contributed by atoms with Crippen LogP contribution in [0.15, 0.2) is 23.1 Å². The number of carboxylic acid groups (broad SMARTS) is 1. The summed E-state index contributed by atoms with van der Waals surface area (Å²) < 4.78 is 10.9. The molecule has 0 unspecified atom stereocenters. The minimum absolute atomic E-state index is 0.000411. The number of carboxylic acids is 1. The van der Waals surface area contributed by atoms with Gasteiger partial charge in [0.15, 0.2) is 11.5 Å². The van der Waals surface area contributed by atoms with E-state index in [0.29, 0.717) is 26.3 Å². The summed E-state index contributed by atoms with van der Waals surface area (Å²) in [6, 6.07) is 5.32. The fraction of sp³-hybridized carbons (Fsp3) is 0.267. The Kier molecular flexibility index (Phi) is 5.62. The van der Waals surface area contributed by atoms with Gasteiger partial charge in [0.25, 0.3) is 5.91 Å². The number of carbonyl (C=O) groups excluding carboxylic acids is 2. The smallest absolute Gasteiger partial charge is 0.266 e. The third kappa shape index (κ3) is 3.83. The van der Waals surface area contributed by atoms with Gasteiger partial charge in [0.05, 0.1) is 19.1 Å². The standard InChI is InChI=1S/C15H15NO5S2/c1-20-10-5-3-4-9(13(10)21-2)8-11-14(19)16(15(22)23-11)7-6-12(17)18/h3-5,8H,6-7H2,1-2H3,(H,17,18)/p-1/b11-8+. The van der Waals surface area contributed by atoms with Crippen molar-refractivity contribution in [2.75, 3.05) is 20.8 Å². The van der Waals surface area contributed by atoms with Crippen LogP contribution >= 0.6 is 24.0 Å². The van der Waals surface area contributed by atoms with Crippen molar-refractivity contribution in [1.82, 2.24) is 4.90 Å². The molecule has 1 aliphatic rings. The van der Waals surface area contributed by atoms with Crippen LogP contribution in [-0.2, 0) is 9.59 Å². The molecule has 0 bridgehead atoms. The molecule has 0 aromatic heterocycles. The van der Waals surface area contributed by atoms with Crippen molar-refractivity contribution in [3.05, 3.63) is 28.7 Å². The lowest BCUT2D eigenvalue weighted by Gasteiger charge is -2.14. The molecule has 23 heavy (non-hydrogen) atoms. The molecule has 0 aliphatic carbocycles. The molecule has 6 nitrogen and oxygen atoms in total. The van der Waals surface area contributed by atoms with E-state index in [1.165, 1.54) is 19.1 Å². The van der Waals surface area contributed by atoms with Crippen molar-refractivity contribution in [2.24, 2.45) is 0 Å². The van der Waals surface area contributed by atoms with Gasteiger partial charge in [-0.05, 0) is 12.1 Å². The minimum Gasteiger partial charge on any atom is -0.550 e. The maximum atomic E-state index is 12.4. The number of aliphatic carboxylic acids is 1. The first-order valence-corrected chi connectivity index (χ1v) is 7.86. The first kappa shape index (κ1) is 17.3. The summed E-state index contributed by atoms with van der Waals surface area (Å²) >= 11 is 6.25. The van der Waals surface area contributed by atoms with E-state index in [1.807, 2.05) is 0 Å². The Morgan fingerprint density at radius 1 is 1.39 bits per heavy atom. The van der Waals surface area contributed by atoms with E-state index >= 15 is 0 Å². The van der Waals surface area contributed by atoms with Crippen LogP contribution in [0.5, 0.6) is 11.5 Å². The van der Waals surface area contributed by atoms with Gasteiger partial charge in [0.2, 0.25) is 0 Å². The minimum atomic E-state index is -1.22. The van der Waals surface area contributed by atoms with Gasteiger partial charge in [-0.1, -0.05) is 36.1 Å². The number of hydrogen-bond acceptors (Lipinski definition) is 7. The normalized spacial score (nSPS) is 16.1. The quantitative estimate of drug-likeness (QED) is 0.559. The van der Waals surface area contributed by atoms with Crippen LogP contribution in [-0.4, -0.2) is 41.9 Å². The second-order valence-electron chi connectivity index (χ2n) is 4.54. The van der Waals surface area contributed by atoms with Crippen LogP contribution in [0.2, 0.25) is 0 Å². The van der Waals surface area contributed by atoms with E-state index < -0.39 is 5.97 Å². The van der Waals surface area contributed by atoms with E-state index in [-0.39, 0.29) is 18.9 Å². The molecule has 122 valence electrons. The number of ether oxygens (including phenoxy) is 2. The van der Waals surface area contributed by atoms with Crippen molar-refractivity contribution < 1.29 is 24.2 Å². The highest BCUT2D eigenvalue weighted by atomic mass is 32.2. The number of carbonyl (C=O) groups is 2. The number of methoxy groups -OCH3 is 2. The first-order chi connectivity index (χ1) is 11.0. The number of rotatable bonds is 6. The molecule has 1 saturated heterocycles. The zero-order valence-electron chi connectivity index (χ0n) is 12.5. The fourth-order valence-electron chi connectivity index (χ4n) is 2.06. The van der Waals surface area contributed by atoms with Crippen LogP contribution in [0, 0.1) is 0 Å². The molecule has 2 rings (SSSR count). The predicted molar refractivity (Wildman–Crippen MR) is 89.0 cm³/mol. The zero-order valence-corrected chi connectivity index (χ0v) is 14.2. The fourth-order valence-corrected chi connectivity index (χ4v) is 3.36. The number of amides is 1. The highest BCUT2D eigenvalue weighted by molar-refractivity contribution is 8.26. The van der Waals surface area contributed by atoms with Crippen LogP contribution in [0.1, 0.15) is 12.0 Å². The lowest BCUT2D eigenvalue weighted by atomic mass is 10.1. The molecule has 1 heterocycles. The Morgan fingerprint density at radius 2 is 2.13 bits per heavy atom. The van der Waals surface area contributed by atoms with Crippen molar-refractivity contribution >= 4 is 46.3 Å². The molecule has 0 saturated carbocycles. The van der Waals surface area contributed by atoms with Crippen molar-refractivity contribution in [1.29, 1.82) is 0 Å². The van der Waals surface area contributed by atoms with Gasteiger partial charge in [-0.2, -0.15) is 0 Å². The molecule has 1 amide bonds. The molecule has 1 aromatic rings. The maximum Gasteiger partial charge on any atom is 0.266 e. The second-order valence-corrected chi connectivity index (χ2v) is 6.21. The van der Waals surface area contributed by atoms with Gasteiger partial charge in [-0.15, -0.1) is 0 Å². The van der Waals surface area contributed by atoms with E-state index in [1.54, 1.807) is 24.3 Å². The summed E-state index contributed by atoms with van der Waals surface area (Å²) in [6.45, 7) is -0.000411. The summed E-state index contributed by atoms with van der Waals surface area (Å²) in [5, 5.41) is 10.6. The van der Waals surface area contributed by atoms with Gasteiger partial charge in [0, 0.05) is 24.5 Å². The third-order valence-electron chi connectivity index (χ3n) is 3.13. The third-order valence-corrected chi connectivity index (χ3v) is 4.51. The molecule has 0 N–H and O–H groups in total. The number of nitrogens with zero attached hydrogens (tertiary/aromatic N) is 1. The summed E-state index contributed by atoms with van der Waals surface area (Å²) in [7, 11) is 3.04. The van der Waals surface area contributed by atoms with Crippen LogP contribution in [0.4, 0.5) is 0 Å². The Morgan fingerprint density at radius 3 is 2.74 bits per heavy atom. The topological polar surface area (TPSA) is 78.9 Å². The summed E-state index contributed by atoms with van der Waals surface area (Å²) in [5.41, 5.74) is 0.673. The zero-order chi connectivity index (χ0) is 17.0. The SMILES string of the molecule is COc1cccc(/C=C2/SC(=S)N(CCC(=O)[O-])C2=O)c1OC. The van der Waals surface area contributed by atoms with Gasteiger partial charge in [-0.3, -0.25) is 9.69 Å². The molecule has 0 radical (unpaired) electrons. The van der Waals surface area contributed by atoms with Gasteiger partial charge >= 0.3 is 0 Å². The monoisotopic (exact) mass is 352 g/mol. The van der Waals surface area contributed by atoms with Gasteiger partial charge in [0.1, 0.15) is 4.32 Å². The molecule has 1 aliphatic heterocycles. The highest BCUT2D eigenvalue weighted by Gasteiger charge is 2.31. The lowest BCUT2D eigenvalue weighted by Crippen LogP contribution is -2.33. The number of thioether (sulfide) groups is 1. The van der Waals surface area contributed by atoms with Gasteiger partial charge < -0.3 is 19.4 Å². The Hall–Kier alpha value is -2.06. The molecule has 0 spiro atoms. The predicted octanol–water partition coefficient (Wildman–Crippen LogP) is 1.04. The number of benzene rings is 1. The average Bonchev–Trinajstić information content (AvgIpc) is 2.79. The van der Waals surface area contributed by atoms with Crippen molar-refractivity contribution in [3.8, 4) is 11.5 Å². The largest absolute Gasteiger partial charge is 0.550 e. The molecular weight excluding hydrogens is 338 g/mol. The van der Waals surface area contributed by atoms with E-state index in [2.05, 4.69) is 0 Å². The van der Waals surface area contributed by atoms with Crippen molar-refractivity contribution in [2.45, 2.75) is 6.42 Å². The number of hydrogen-bond donors (Lipinski definition) is 0.